The van der Waals surface area contributed by atoms with Gasteiger partial charge in [0.1, 0.15) is 23.6 Å². The van der Waals surface area contributed by atoms with Crippen molar-refractivity contribution >= 4 is 11.1 Å². The molecule has 28 heavy (non-hydrogen) atoms. The topological polar surface area (TPSA) is 85.4 Å². The van der Waals surface area contributed by atoms with Gasteiger partial charge in [0, 0.05) is 30.6 Å². The number of fused-ring (bicyclic) bond motifs is 1. The first kappa shape index (κ1) is 16.4. The number of hydrogen-bond acceptors (Lipinski definition) is 5. The summed E-state index contributed by atoms with van der Waals surface area (Å²) in [5, 5.41) is 12.3. The predicted molar refractivity (Wildman–Crippen MR) is 102 cm³/mol. The molecule has 0 fully saturated rings. The van der Waals surface area contributed by atoms with E-state index in [1.807, 2.05) is 26.2 Å². The lowest BCUT2D eigenvalue weighted by atomic mass is 10.0. The maximum Gasteiger partial charge on any atom is 0.230 e. The predicted octanol–water partition coefficient (Wildman–Crippen LogP) is 4.13. The van der Waals surface area contributed by atoms with Crippen LogP contribution in [0, 0.1) is 12.7 Å². The quantitative estimate of drug-likeness (QED) is 0.513. The van der Waals surface area contributed by atoms with Gasteiger partial charge in [-0.1, -0.05) is 0 Å². The minimum absolute atomic E-state index is 0.295. The van der Waals surface area contributed by atoms with Gasteiger partial charge in [0.15, 0.2) is 0 Å². The summed E-state index contributed by atoms with van der Waals surface area (Å²) in [6.45, 7) is 1.93. The van der Waals surface area contributed by atoms with Gasteiger partial charge in [-0.05, 0) is 37.3 Å². The molecule has 8 heteroatoms. The molecule has 0 unspecified atom stereocenters. The Kier molecular flexibility index (Phi) is 3.58. The molecule has 4 heterocycles. The second-order valence-electron chi connectivity index (χ2n) is 6.51. The largest absolute Gasteiger partial charge is 0.437 e. The average molecular weight is 374 g/mol. The van der Waals surface area contributed by atoms with Crippen molar-refractivity contribution in [1.29, 1.82) is 0 Å². The van der Waals surface area contributed by atoms with Crippen LogP contribution in [0.4, 0.5) is 4.39 Å². The van der Waals surface area contributed by atoms with Crippen LogP contribution in [0.15, 0.2) is 53.5 Å². The molecule has 0 radical (unpaired) electrons. The fourth-order valence-corrected chi connectivity index (χ4v) is 3.34. The standard InChI is InChI=1S/C20H15FN6O/c1-11-16(9-27(2)26-11)17-7-14-19(22-10-23-20(14)28-17)15-8-24-25-18(15)12-3-5-13(21)6-4-12/h3-10H,1-2H3,(H,24,25). The van der Waals surface area contributed by atoms with Crippen molar-refractivity contribution in [2.24, 2.45) is 7.05 Å². The lowest BCUT2D eigenvalue weighted by Crippen LogP contribution is -1.88. The Morgan fingerprint density at radius 3 is 2.64 bits per heavy atom. The Morgan fingerprint density at radius 1 is 1.07 bits per heavy atom. The van der Waals surface area contributed by atoms with Crippen LogP contribution in [0.2, 0.25) is 0 Å². The molecule has 0 atom stereocenters. The minimum Gasteiger partial charge on any atom is -0.437 e. The lowest BCUT2D eigenvalue weighted by molar-refractivity contribution is 0.617. The number of nitrogens with one attached hydrogen (secondary N) is 1. The first-order valence-corrected chi connectivity index (χ1v) is 8.65. The van der Waals surface area contributed by atoms with Crippen LogP contribution in [-0.2, 0) is 7.05 Å². The number of benzene rings is 1. The van der Waals surface area contributed by atoms with Gasteiger partial charge in [0.05, 0.1) is 22.3 Å². The van der Waals surface area contributed by atoms with E-state index < -0.39 is 0 Å². The normalized spacial score (nSPS) is 11.4. The zero-order valence-corrected chi connectivity index (χ0v) is 15.1. The maximum absolute atomic E-state index is 13.3. The SMILES string of the molecule is Cc1nn(C)cc1-c1cc2c(-c3c[nH]nc3-c3ccc(F)cc3)ncnc2o1. The molecule has 1 aromatic carbocycles. The molecule has 0 amide bonds. The molecule has 0 saturated heterocycles. The number of nitrogens with zero attached hydrogens (tertiary/aromatic N) is 5. The molecule has 1 N–H and O–H groups in total. The van der Waals surface area contributed by atoms with Gasteiger partial charge < -0.3 is 4.42 Å². The molecular weight excluding hydrogens is 359 g/mol. The van der Waals surface area contributed by atoms with E-state index in [4.69, 9.17) is 4.42 Å². The van der Waals surface area contributed by atoms with Gasteiger partial charge in [0.2, 0.25) is 5.71 Å². The number of furan rings is 1. The molecule has 0 aliphatic heterocycles. The number of hydrogen-bond donors (Lipinski definition) is 1. The second-order valence-corrected chi connectivity index (χ2v) is 6.51. The second kappa shape index (κ2) is 6.12. The summed E-state index contributed by atoms with van der Waals surface area (Å²) in [7, 11) is 1.87. The number of H-pyrrole nitrogens is 1. The van der Waals surface area contributed by atoms with Crippen LogP contribution in [0.1, 0.15) is 5.69 Å². The average Bonchev–Trinajstić information content (AvgIpc) is 3.39. The smallest absolute Gasteiger partial charge is 0.230 e. The van der Waals surface area contributed by atoms with Crippen molar-refractivity contribution in [1.82, 2.24) is 29.9 Å². The van der Waals surface area contributed by atoms with Gasteiger partial charge >= 0.3 is 0 Å². The lowest BCUT2D eigenvalue weighted by Gasteiger charge is -2.03. The number of aryl methyl sites for hydroxylation is 2. The van der Waals surface area contributed by atoms with E-state index in [9.17, 15) is 4.39 Å². The van der Waals surface area contributed by atoms with Crippen LogP contribution in [0.5, 0.6) is 0 Å². The van der Waals surface area contributed by atoms with Gasteiger partial charge in [-0.25, -0.2) is 14.4 Å². The van der Waals surface area contributed by atoms with Crippen LogP contribution >= 0.6 is 0 Å². The van der Waals surface area contributed by atoms with E-state index in [1.54, 1.807) is 23.0 Å². The van der Waals surface area contributed by atoms with Crippen LogP contribution in [-0.4, -0.2) is 29.9 Å². The van der Waals surface area contributed by atoms with E-state index in [1.165, 1.54) is 18.5 Å². The molecule has 0 saturated carbocycles. The van der Waals surface area contributed by atoms with Crippen molar-refractivity contribution < 1.29 is 8.81 Å². The third-order valence-electron chi connectivity index (χ3n) is 4.62. The Morgan fingerprint density at radius 2 is 1.89 bits per heavy atom. The van der Waals surface area contributed by atoms with E-state index in [2.05, 4.69) is 25.3 Å². The molecule has 7 nitrogen and oxygen atoms in total. The number of aromatic amines is 1. The fourth-order valence-electron chi connectivity index (χ4n) is 3.34. The van der Waals surface area contributed by atoms with E-state index >= 15 is 0 Å². The van der Waals surface area contributed by atoms with Crippen LogP contribution in [0.3, 0.4) is 0 Å². The Hall–Kier alpha value is -3.81. The summed E-state index contributed by atoms with van der Waals surface area (Å²) >= 11 is 0. The van der Waals surface area contributed by atoms with Crippen molar-refractivity contribution in [3.05, 3.63) is 60.6 Å². The minimum atomic E-state index is -0.295. The Bertz CT molecular complexity index is 1300. The maximum atomic E-state index is 13.3. The molecular formula is C20H15FN6O. The number of halogens is 1. The van der Waals surface area contributed by atoms with Crippen LogP contribution < -0.4 is 0 Å². The first-order valence-electron chi connectivity index (χ1n) is 8.65. The third kappa shape index (κ3) is 2.58. The molecule has 0 bridgehead atoms. The molecule has 5 aromatic rings. The Labute approximate surface area is 158 Å². The zero-order chi connectivity index (χ0) is 19.3. The van der Waals surface area contributed by atoms with E-state index in [0.717, 1.165) is 27.8 Å². The molecule has 4 aromatic heterocycles. The summed E-state index contributed by atoms with van der Waals surface area (Å²) in [5.41, 5.74) is 5.19. The monoisotopic (exact) mass is 374 g/mol. The third-order valence-corrected chi connectivity index (χ3v) is 4.62. The van der Waals surface area contributed by atoms with Crippen molar-refractivity contribution in [2.75, 3.05) is 0 Å². The molecule has 0 aliphatic carbocycles. The van der Waals surface area contributed by atoms with E-state index in [-0.39, 0.29) is 5.82 Å². The highest BCUT2D eigenvalue weighted by Gasteiger charge is 2.19. The van der Waals surface area contributed by atoms with Gasteiger partial charge in [-0.3, -0.25) is 9.78 Å². The molecule has 138 valence electrons. The van der Waals surface area contributed by atoms with Crippen molar-refractivity contribution in [2.45, 2.75) is 6.92 Å². The summed E-state index contributed by atoms with van der Waals surface area (Å²) in [6.07, 6.45) is 5.13. The van der Waals surface area contributed by atoms with Crippen LogP contribution in [0.25, 0.3) is 44.9 Å². The highest BCUT2D eigenvalue weighted by Crippen LogP contribution is 2.36. The highest BCUT2D eigenvalue weighted by atomic mass is 19.1. The van der Waals surface area contributed by atoms with Gasteiger partial charge in [-0.15, -0.1) is 0 Å². The first-order chi connectivity index (χ1) is 13.6. The number of aromatic nitrogens is 6. The van der Waals surface area contributed by atoms with E-state index in [0.29, 0.717) is 22.9 Å². The Balaban J connectivity index is 1.68. The molecule has 5 rings (SSSR count). The van der Waals surface area contributed by atoms with Crippen molar-refractivity contribution in [3.8, 4) is 33.8 Å². The van der Waals surface area contributed by atoms with Gasteiger partial charge in [0.25, 0.3) is 0 Å². The highest BCUT2D eigenvalue weighted by molar-refractivity contribution is 5.95. The number of rotatable bonds is 3. The zero-order valence-electron chi connectivity index (χ0n) is 15.1. The molecule has 0 aliphatic rings. The van der Waals surface area contributed by atoms with Crippen molar-refractivity contribution in [3.63, 3.8) is 0 Å². The molecule has 0 spiro atoms. The van der Waals surface area contributed by atoms with Gasteiger partial charge in [-0.2, -0.15) is 10.2 Å². The fraction of sp³-hybridized carbons (Fsp3) is 0.100. The summed E-state index contributed by atoms with van der Waals surface area (Å²) < 4.78 is 21.0. The summed E-state index contributed by atoms with van der Waals surface area (Å²) in [5.74, 6) is 0.380. The summed E-state index contributed by atoms with van der Waals surface area (Å²) in [4.78, 5) is 8.72. The summed E-state index contributed by atoms with van der Waals surface area (Å²) in [6, 6.07) is 8.10.